The van der Waals surface area contributed by atoms with Gasteiger partial charge in [-0.15, -0.1) is 0 Å². The summed E-state index contributed by atoms with van der Waals surface area (Å²) in [5.74, 6) is 0.101. The molecule has 2 aromatic rings. The van der Waals surface area contributed by atoms with Crippen molar-refractivity contribution in [3.05, 3.63) is 66.0 Å². The van der Waals surface area contributed by atoms with Gasteiger partial charge in [0.25, 0.3) is 0 Å². The normalized spacial score (nSPS) is 16.7. The molecule has 0 spiro atoms. The first-order chi connectivity index (χ1) is 12.5. The smallest absolute Gasteiger partial charge is 0.240 e. The quantitative estimate of drug-likeness (QED) is 0.806. The van der Waals surface area contributed by atoms with Crippen molar-refractivity contribution in [2.75, 3.05) is 19.6 Å². The maximum absolute atomic E-state index is 12.9. The van der Waals surface area contributed by atoms with Crippen LogP contribution in [0.1, 0.15) is 24.8 Å². The molecular formula is C20H25FN2O2S. The van der Waals surface area contributed by atoms with Gasteiger partial charge in [0.2, 0.25) is 10.0 Å². The highest BCUT2D eigenvalue weighted by molar-refractivity contribution is 7.89. The van der Waals surface area contributed by atoms with E-state index in [9.17, 15) is 12.8 Å². The summed E-state index contributed by atoms with van der Waals surface area (Å²) >= 11 is 0. The van der Waals surface area contributed by atoms with Gasteiger partial charge in [-0.1, -0.05) is 30.3 Å². The molecule has 0 saturated carbocycles. The van der Waals surface area contributed by atoms with Crippen LogP contribution in [-0.4, -0.2) is 33.0 Å². The number of likely N-dealkylation sites (tertiary alicyclic amines) is 1. The Hall–Kier alpha value is -1.76. The van der Waals surface area contributed by atoms with E-state index in [0.29, 0.717) is 12.5 Å². The van der Waals surface area contributed by atoms with E-state index in [4.69, 9.17) is 0 Å². The lowest BCUT2D eigenvalue weighted by Crippen LogP contribution is -2.34. The van der Waals surface area contributed by atoms with Crippen molar-refractivity contribution in [3.8, 4) is 0 Å². The van der Waals surface area contributed by atoms with E-state index in [0.717, 1.165) is 51.0 Å². The number of piperidine rings is 1. The van der Waals surface area contributed by atoms with Crippen molar-refractivity contribution < 1.29 is 12.8 Å². The third-order valence-corrected chi connectivity index (χ3v) is 6.40. The topological polar surface area (TPSA) is 49.4 Å². The Morgan fingerprint density at radius 2 is 1.65 bits per heavy atom. The molecule has 1 aliphatic rings. The van der Waals surface area contributed by atoms with Crippen LogP contribution in [0.3, 0.4) is 0 Å². The lowest BCUT2D eigenvalue weighted by molar-refractivity contribution is 0.173. The molecule has 1 aliphatic heterocycles. The van der Waals surface area contributed by atoms with E-state index in [2.05, 4.69) is 33.9 Å². The van der Waals surface area contributed by atoms with Gasteiger partial charge in [0.1, 0.15) is 5.82 Å². The minimum atomic E-state index is -3.56. The molecule has 6 heteroatoms. The monoisotopic (exact) mass is 376 g/mol. The highest BCUT2D eigenvalue weighted by atomic mass is 32.2. The molecule has 2 aromatic carbocycles. The predicted molar refractivity (Wildman–Crippen MR) is 101 cm³/mol. The van der Waals surface area contributed by atoms with Gasteiger partial charge < -0.3 is 0 Å². The second-order valence-electron chi connectivity index (χ2n) is 6.85. The molecule has 3 rings (SSSR count). The number of benzene rings is 2. The summed E-state index contributed by atoms with van der Waals surface area (Å²) in [7, 11) is -3.56. The minimum Gasteiger partial charge on any atom is -0.299 e. The van der Waals surface area contributed by atoms with Gasteiger partial charge in [-0.3, -0.25) is 4.90 Å². The fraction of sp³-hybridized carbons (Fsp3) is 0.400. The first-order valence-electron chi connectivity index (χ1n) is 9.04. The third kappa shape index (κ3) is 5.37. The van der Waals surface area contributed by atoms with E-state index in [1.807, 2.05) is 6.07 Å². The lowest BCUT2D eigenvalue weighted by atomic mass is 9.93. The summed E-state index contributed by atoms with van der Waals surface area (Å²) in [6.45, 7) is 3.49. The van der Waals surface area contributed by atoms with Gasteiger partial charge in [-0.05, 0) is 68.1 Å². The molecule has 0 bridgehead atoms. The summed E-state index contributed by atoms with van der Waals surface area (Å²) in [5.41, 5.74) is 1.33. The highest BCUT2D eigenvalue weighted by Crippen LogP contribution is 2.21. The molecule has 1 N–H and O–H groups in total. The van der Waals surface area contributed by atoms with Crippen molar-refractivity contribution in [3.63, 3.8) is 0 Å². The fourth-order valence-electron chi connectivity index (χ4n) is 3.37. The molecule has 4 nitrogen and oxygen atoms in total. The number of nitrogens with zero attached hydrogens (tertiary/aromatic N) is 1. The number of hydrogen-bond donors (Lipinski definition) is 1. The van der Waals surface area contributed by atoms with E-state index in [1.54, 1.807) is 0 Å². The number of halogens is 1. The molecule has 0 radical (unpaired) electrons. The van der Waals surface area contributed by atoms with Gasteiger partial charge in [0.15, 0.2) is 0 Å². The van der Waals surface area contributed by atoms with Crippen LogP contribution in [0.25, 0.3) is 0 Å². The SMILES string of the molecule is O=S(=O)(NCCC1CCN(Cc2ccccc2)CC1)c1ccc(F)cc1. The number of rotatable bonds is 7. The molecule has 0 unspecified atom stereocenters. The summed E-state index contributed by atoms with van der Waals surface area (Å²) < 4.78 is 39.9. The third-order valence-electron chi connectivity index (χ3n) is 4.92. The number of hydrogen-bond acceptors (Lipinski definition) is 3. The van der Waals surface area contributed by atoms with E-state index < -0.39 is 15.8 Å². The molecule has 1 heterocycles. The number of nitrogens with one attached hydrogen (secondary N) is 1. The van der Waals surface area contributed by atoms with Crippen LogP contribution in [0.2, 0.25) is 0 Å². The zero-order chi connectivity index (χ0) is 18.4. The minimum absolute atomic E-state index is 0.108. The molecular weight excluding hydrogens is 351 g/mol. The Kier molecular flexibility index (Phi) is 6.40. The summed E-state index contributed by atoms with van der Waals surface area (Å²) in [4.78, 5) is 2.56. The second kappa shape index (κ2) is 8.75. The van der Waals surface area contributed by atoms with Gasteiger partial charge in [-0.25, -0.2) is 17.5 Å². The van der Waals surface area contributed by atoms with Crippen LogP contribution in [0, 0.1) is 11.7 Å². The van der Waals surface area contributed by atoms with Gasteiger partial charge in [-0.2, -0.15) is 0 Å². The average molecular weight is 376 g/mol. The largest absolute Gasteiger partial charge is 0.299 e. The van der Waals surface area contributed by atoms with E-state index >= 15 is 0 Å². The average Bonchev–Trinajstić information content (AvgIpc) is 2.64. The van der Waals surface area contributed by atoms with Crippen molar-refractivity contribution in [1.29, 1.82) is 0 Å². The van der Waals surface area contributed by atoms with Gasteiger partial charge in [0.05, 0.1) is 4.90 Å². The van der Waals surface area contributed by atoms with E-state index in [1.165, 1.54) is 17.7 Å². The fourth-order valence-corrected chi connectivity index (χ4v) is 4.42. The van der Waals surface area contributed by atoms with E-state index in [-0.39, 0.29) is 4.90 Å². The molecule has 0 aromatic heterocycles. The molecule has 26 heavy (non-hydrogen) atoms. The first-order valence-corrected chi connectivity index (χ1v) is 10.5. The zero-order valence-electron chi connectivity index (χ0n) is 14.8. The van der Waals surface area contributed by atoms with Crippen LogP contribution in [0.5, 0.6) is 0 Å². The Bertz CT molecular complexity index is 786. The van der Waals surface area contributed by atoms with Crippen LogP contribution < -0.4 is 4.72 Å². The maximum atomic E-state index is 12.9. The van der Waals surface area contributed by atoms with Crippen molar-refractivity contribution >= 4 is 10.0 Å². The predicted octanol–water partition coefficient (Wildman–Crippen LogP) is 3.41. The van der Waals surface area contributed by atoms with Crippen molar-refractivity contribution in [1.82, 2.24) is 9.62 Å². The molecule has 0 atom stereocenters. The Balaban J connectivity index is 1.40. The molecule has 0 amide bonds. The molecule has 140 valence electrons. The Morgan fingerprint density at radius 3 is 2.31 bits per heavy atom. The van der Waals surface area contributed by atoms with Crippen molar-refractivity contribution in [2.24, 2.45) is 5.92 Å². The van der Waals surface area contributed by atoms with Crippen LogP contribution in [0.15, 0.2) is 59.5 Å². The molecule has 0 aliphatic carbocycles. The van der Waals surface area contributed by atoms with Gasteiger partial charge >= 0.3 is 0 Å². The Morgan fingerprint density at radius 1 is 1.00 bits per heavy atom. The first kappa shape index (κ1) is 19.0. The van der Waals surface area contributed by atoms with Crippen LogP contribution in [0.4, 0.5) is 4.39 Å². The summed E-state index contributed by atoms with van der Waals surface area (Å²) in [6.07, 6.45) is 3.01. The van der Waals surface area contributed by atoms with Crippen LogP contribution in [-0.2, 0) is 16.6 Å². The maximum Gasteiger partial charge on any atom is 0.240 e. The second-order valence-corrected chi connectivity index (χ2v) is 8.61. The van der Waals surface area contributed by atoms with Gasteiger partial charge in [0, 0.05) is 13.1 Å². The molecule has 1 saturated heterocycles. The zero-order valence-corrected chi connectivity index (χ0v) is 15.6. The summed E-state index contributed by atoms with van der Waals surface area (Å²) in [5, 5.41) is 0. The Labute approximate surface area is 155 Å². The lowest BCUT2D eigenvalue weighted by Gasteiger charge is -2.32. The van der Waals surface area contributed by atoms with Crippen LogP contribution >= 0.6 is 0 Å². The van der Waals surface area contributed by atoms with Crippen molar-refractivity contribution in [2.45, 2.75) is 30.7 Å². The standard InChI is InChI=1S/C20H25FN2O2S/c21-19-6-8-20(9-7-19)26(24,25)22-13-10-17-11-14-23(15-12-17)16-18-4-2-1-3-5-18/h1-9,17,22H,10-16H2. The highest BCUT2D eigenvalue weighted by Gasteiger charge is 2.20. The molecule has 1 fully saturated rings. The number of sulfonamides is 1. The summed E-state index contributed by atoms with van der Waals surface area (Å²) in [6, 6.07) is 15.4.